The third kappa shape index (κ3) is 0.743. The molecule has 0 aromatic carbocycles. The molecule has 3 saturated carbocycles. The molecule has 0 N–H and O–H groups in total. The van der Waals surface area contributed by atoms with E-state index in [1.807, 2.05) is 0 Å². The number of ketones is 1. The maximum Gasteiger partial charge on any atom is 0.136 e. The lowest BCUT2D eigenvalue weighted by Crippen LogP contribution is -2.56. The molecule has 3 rings (SSSR count). The van der Waals surface area contributed by atoms with Gasteiger partial charge in [0.2, 0.25) is 0 Å². The summed E-state index contributed by atoms with van der Waals surface area (Å²) in [4.78, 5) is 11.5. The summed E-state index contributed by atoms with van der Waals surface area (Å²) in [5, 5.41) is 0. The third-order valence-electron chi connectivity index (χ3n) is 3.94. The number of fused-ring (bicyclic) bond motifs is 2. The molecule has 0 amide bonds. The van der Waals surface area contributed by atoms with Crippen molar-refractivity contribution in [3.8, 4) is 0 Å². The Bertz CT molecular complexity index is 205. The second kappa shape index (κ2) is 1.88. The van der Waals surface area contributed by atoms with Crippen LogP contribution in [0.15, 0.2) is 0 Å². The van der Waals surface area contributed by atoms with Crippen molar-refractivity contribution in [2.24, 2.45) is 23.2 Å². The first-order chi connectivity index (χ1) is 5.03. The molecule has 0 aromatic rings. The van der Waals surface area contributed by atoms with Crippen molar-refractivity contribution in [2.75, 3.05) is 0 Å². The van der Waals surface area contributed by atoms with Gasteiger partial charge in [-0.1, -0.05) is 20.8 Å². The molecule has 0 radical (unpaired) electrons. The van der Waals surface area contributed by atoms with Gasteiger partial charge in [-0.2, -0.15) is 0 Å². The minimum atomic E-state index is 0.328. The van der Waals surface area contributed by atoms with Crippen molar-refractivity contribution in [2.45, 2.75) is 33.6 Å². The fourth-order valence-corrected chi connectivity index (χ4v) is 3.07. The van der Waals surface area contributed by atoms with Gasteiger partial charge in [0.25, 0.3) is 0 Å². The SMILES string of the molecule is C[C@H]1CC(=O)[C@@H]2C[C@H]1C2(C)C. The van der Waals surface area contributed by atoms with E-state index in [4.69, 9.17) is 0 Å². The highest BCUT2D eigenvalue weighted by Crippen LogP contribution is 2.59. The standard InChI is InChI=1S/C10H16O/c1-6-4-9(11)8-5-7(6)10(8,2)3/h6-8H,4-5H2,1-3H3/t6-,7+,8-/m0/s1. The van der Waals surface area contributed by atoms with Gasteiger partial charge in [0.05, 0.1) is 0 Å². The summed E-state index contributed by atoms with van der Waals surface area (Å²) < 4.78 is 0. The number of Topliss-reactive ketones (excluding diaryl/α,β-unsaturated/α-hetero) is 1. The Hall–Kier alpha value is -0.330. The second-order valence-electron chi connectivity index (χ2n) is 4.86. The average Bonchev–Trinajstić information content (AvgIpc) is 1.84. The van der Waals surface area contributed by atoms with Crippen molar-refractivity contribution in [3.05, 3.63) is 0 Å². The zero-order chi connectivity index (χ0) is 8.22. The molecule has 2 bridgehead atoms. The summed E-state index contributed by atoms with van der Waals surface area (Å²) in [7, 11) is 0. The Morgan fingerprint density at radius 1 is 1.45 bits per heavy atom. The first-order valence-corrected chi connectivity index (χ1v) is 4.56. The normalized spacial score (nSPS) is 46.8. The van der Waals surface area contributed by atoms with Gasteiger partial charge in [-0.15, -0.1) is 0 Å². The molecule has 3 atom stereocenters. The zero-order valence-electron chi connectivity index (χ0n) is 7.55. The zero-order valence-corrected chi connectivity index (χ0v) is 7.55. The molecule has 0 unspecified atom stereocenters. The highest BCUT2D eigenvalue weighted by Gasteiger charge is 2.56. The van der Waals surface area contributed by atoms with Crippen LogP contribution < -0.4 is 0 Å². The molecule has 3 aliphatic rings. The van der Waals surface area contributed by atoms with E-state index in [2.05, 4.69) is 20.8 Å². The summed E-state index contributed by atoms with van der Waals surface area (Å²) in [6.07, 6.45) is 2.02. The van der Waals surface area contributed by atoms with Crippen molar-refractivity contribution in [1.82, 2.24) is 0 Å². The Kier molecular flexibility index (Phi) is 1.25. The Labute approximate surface area is 68.2 Å². The van der Waals surface area contributed by atoms with Gasteiger partial charge in [-0.05, 0) is 23.7 Å². The van der Waals surface area contributed by atoms with Crippen LogP contribution in [-0.4, -0.2) is 5.78 Å². The molecule has 11 heavy (non-hydrogen) atoms. The van der Waals surface area contributed by atoms with Gasteiger partial charge in [-0.3, -0.25) is 4.79 Å². The monoisotopic (exact) mass is 152 g/mol. The van der Waals surface area contributed by atoms with Gasteiger partial charge in [0.1, 0.15) is 5.78 Å². The molecule has 0 heterocycles. The lowest BCUT2D eigenvalue weighted by molar-refractivity contribution is -0.156. The summed E-state index contributed by atoms with van der Waals surface area (Å²) in [5.41, 5.74) is 0.328. The lowest BCUT2D eigenvalue weighted by atomic mass is 9.45. The van der Waals surface area contributed by atoms with Crippen LogP contribution in [0.25, 0.3) is 0 Å². The molecule has 3 aliphatic carbocycles. The predicted octanol–water partition coefficient (Wildman–Crippen LogP) is 2.26. The Morgan fingerprint density at radius 3 is 2.45 bits per heavy atom. The second-order valence-corrected chi connectivity index (χ2v) is 4.86. The number of hydrogen-bond acceptors (Lipinski definition) is 1. The van der Waals surface area contributed by atoms with Crippen LogP contribution >= 0.6 is 0 Å². The van der Waals surface area contributed by atoms with Crippen LogP contribution in [-0.2, 0) is 4.79 Å². The Morgan fingerprint density at radius 2 is 2.09 bits per heavy atom. The molecule has 3 fully saturated rings. The van der Waals surface area contributed by atoms with Crippen molar-refractivity contribution in [3.63, 3.8) is 0 Å². The molecular formula is C10H16O. The van der Waals surface area contributed by atoms with Crippen LogP contribution in [0.1, 0.15) is 33.6 Å². The van der Waals surface area contributed by atoms with E-state index in [1.165, 1.54) is 6.42 Å². The van der Waals surface area contributed by atoms with Crippen LogP contribution in [0.2, 0.25) is 0 Å². The van der Waals surface area contributed by atoms with E-state index >= 15 is 0 Å². The predicted molar refractivity (Wildman–Crippen MR) is 44.2 cm³/mol. The summed E-state index contributed by atoms with van der Waals surface area (Å²) >= 11 is 0. The van der Waals surface area contributed by atoms with Gasteiger partial charge < -0.3 is 0 Å². The van der Waals surface area contributed by atoms with E-state index in [1.54, 1.807) is 0 Å². The van der Waals surface area contributed by atoms with E-state index in [0.29, 0.717) is 23.0 Å². The number of carbonyl (C=O) groups excluding carboxylic acids is 1. The first kappa shape index (κ1) is 7.33. The minimum Gasteiger partial charge on any atom is -0.299 e. The molecule has 0 saturated heterocycles. The van der Waals surface area contributed by atoms with Crippen LogP contribution in [0, 0.1) is 23.2 Å². The van der Waals surface area contributed by atoms with Gasteiger partial charge >= 0.3 is 0 Å². The number of rotatable bonds is 0. The molecule has 62 valence electrons. The largest absolute Gasteiger partial charge is 0.299 e. The molecule has 1 heteroatoms. The number of hydrogen-bond donors (Lipinski definition) is 0. The number of carbonyl (C=O) groups is 1. The van der Waals surface area contributed by atoms with Gasteiger partial charge in [0, 0.05) is 12.3 Å². The van der Waals surface area contributed by atoms with Gasteiger partial charge in [0.15, 0.2) is 0 Å². The smallest absolute Gasteiger partial charge is 0.136 e. The fraction of sp³-hybridized carbons (Fsp3) is 0.900. The van der Waals surface area contributed by atoms with Crippen LogP contribution in [0.3, 0.4) is 0 Å². The van der Waals surface area contributed by atoms with Gasteiger partial charge in [-0.25, -0.2) is 0 Å². The minimum absolute atomic E-state index is 0.328. The molecular weight excluding hydrogens is 136 g/mol. The average molecular weight is 152 g/mol. The maximum absolute atomic E-state index is 11.5. The maximum atomic E-state index is 11.5. The van der Waals surface area contributed by atoms with E-state index in [0.717, 1.165) is 12.3 Å². The summed E-state index contributed by atoms with van der Waals surface area (Å²) in [6.45, 7) is 6.72. The van der Waals surface area contributed by atoms with E-state index in [9.17, 15) is 4.79 Å². The Balaban J connectivity index is 2.26. The molecule has 1 nitrogen and oxygen atoms in total. The third-order valence-corrected chi connectivity index (χ3v) is 3.94. The fourth-order valence-electron chi connectivity index (χ4n) is 3.07. The summed E-state index contributed by atoms with van der Waals surface area (Å²) in [5.74, 6) is 2.39. The van der Waals surface area contributed by atoms with E-state index < -0.39 is 0 Å². The van der Waals surface area contributed by atoms with Crippen molar-refractivity contribution < 1.29 is 4.79 Å². The van der Waals surface area contributed by atoms with Crippen LogP contribution in [0.4, 0.5) is 0 Å². The van der Waals surface area contributed by atoms with Crippen LogP contribution in [0.5, 0.6) is 0 Å². The molecule has 0 spiro atoms. The molecule has 0 aliphatic heterocycles. The van der Waals surface area contributed by atoms with Crippen molar-refractivity contribution in [1.29, 1.82) is 0 Å². The first-order valence-electron chi connectivity index (χ1n) is 4.56. The van der Waals surface area contributed by atoms with E-state index in [-0.39, 0.29) is 0 Å². The quantitative estimate of drug-likeness (QED) is 0.520. The topological polar surface area (TPSA) is 17.1 Å². The lowest BCUT2D eigenvalue weighted by Gasteiger charge is -2.58. The highest BCUT2D eigenvalue weighted by atomic mass is 16.1. The molecule has 0 aromatic heterocycles. The summed E-state index contributed by atoms with van der Waals surface area (Å²) in [6, 6.07) is 0. The van der Waals surface area contributed by atoms with Crippen molar-refractivity contribution >= 4 is 5.78 Å². The highest BCUT2D eigenvalue weighted by molar-refractivity contribution is 5.84.